The molecule has 4 aromatic rings. The molecule has 4 rings (SSSR count). The van der Waals surface area contributed by atoms with Crippen LogP contribution in [-0.4, -0.2) is 21.0 Å². The second kappa shape index (κ2) is 6.59. The van der Waals surface area contributed by atoms with E-state index in [1.54, 1.807) is 11.7 Å². The molecule has 2 aromatic heterocycles. The van der Waals surface area contributed by atoms with Crippen LogP contribution in [-0.2, 0) is 0 Å². The van der Waals surface area contributed by atoms with Crippen molar-refractivity contribution in [1.29, 1.82) is 0 Å². The maximum absolute atomic E-state index is 13.3. The Bertz CT molecular complexity index is 964. The monoisotopic (exact) mass is 351 g/mol. The van der Waals surface area contributed by atoms with Crippen molar-refractivity contribution < 1.29 is 4.79 Å². The van der Waals surface area contributed by atoms with Gasteiger partial charge in [0.1, 0.15) is 10.8 Å². The number of nitrogens with one attached hydrogen (secondary N) is 1. The molecule has 118 valence electrons. The van der Waals surface area contributed by atoms with Gasteiger partial charge in [0.2, 0.25) is 0 Å². The highest BCUT2D eigenvalue weighted by atomic mass is 32.2. The van der Waals surface area contributed by atoms with Crippen LogP contribution in [0.5, 0.6) is 0 Å². The Kier molecular flexibility index (Phi) is 4.15. The molecule has 0 spiro atoms. The Morgan fingerprint density at radius 1 is 1.08 bits per heavy atom. The van der Waals surface area contributed by atoms with Crippen LogP contribution in [0.25, 0.3) is 10.9 Å². The van der Waals surface area contributed by atoms with E-state index in [0.29, 0.717) is 5.56 Å². The standard InChI is InChI=1S/C18H13N3OS2/c22-16(14-10-19-15-9-5-4-8-13(14)15)17(12-6-2-1-3-7-12)24-18-21-20-11-23-18/h1-11,17,19H/t17-/m1/s1. The number of thioether (sulfide) groups is 1. The van der Waals surface area contributed by atoms with Gasteiger partial charge in [-0.15, -0.1) is 10.2 Å². The maximum Gasteiger partial charge on any atom is 0.182 e. The van der Waals surface area contributed by atoms with Gasteiger partial charge in [-0.2, -0.15) is 0 Å². The Morgan fingerprint density at radius 2 is 1.88 bits per heavy atom. The molecular weight excluding hydrogens is 338 g/mol. The summed E-state index contributed by atoms with van der Waals surface area (Å²) in [6, 6.07) is 17.7. The Balaban J connectivity index is 1.76. The Hall–Kier alpha value is -2.44. The van der Waals surface area contributed by atoms with E-state index in [9.17, 15) is 4.79 Å². The molecule has 0 saturated carbocycles. The molecule has 0 aliphatic carbocycles. The first-order valence-electron chi connectivity index (χ1n) is 7.41. The van der Waals surface area contributed by atoms with E-state index >= 15 is 0 Å². The predicted molar refractivity (Wildman–Crippen MR) is 97.6 cm³/mol. The molecule has 0 aliphatic heterocycles. The van der Waals surface area contributed by atoms with Crippen LogP contribution in [0.4, 0.5) is 0 Å². The fourth-order valence-electron chi connectivity index (χ4n) is 2.63. The largest absolute Gasteiger partial charge is 0.360 e. The first kappa shape index (κ1) is 15.1. The molecule has 4 nitrogen and oxygen atoms in total. The summed E-state index contributed by atoms with van der Waals surface area (Å²) in [5.41, 5.74) is 4.32. The quantitative estimate of drug-likeness (QED) is 0.417. The van der Waals surface area contributed by atoms with E-state index in [1.807, 2.05) is 54.6 Å². The summed E-state index contributed by atoms with van der Waals surface area (Å²) in [6.07, 6.45) is 1.80. The first-order valence-corrected chi connectivity index (χ1v) is 9.17. The lowest BCUT2D eigenvalue weighted by Gasteiger charge is -2.14. The highest BCUT2D eigenvalue weighted by Gasteiger charge is 2.26. The van der Waals surface area contributed by atoms with E-state index in [2.05, 4.69) is 15.2 Å². The van der Waals surface area contributed by atoms with Crippen LogP contribution in [0, 0.1) is 0 Å². The lowest BCUT2D eigenvalue weighted by Crippen LogP contribution is -2.09. The number of aromatic amines is 1. The van der Waals surface area contributed by atoms with Gasteiger partial charge in [-0.3, -0.25) is 4.79 Å². The van der Waals surface area contributed by atoms with Crippen molar-refractivity contribution in [3.8, 4) is 0 Å². The van der Waals surface area contributed by atoms with Gasteiger partial charge in [0.25, 0.3) is 0 Å². The second-order valence-corrected chi connectivity index (χ2v) is 7.41. The highest BCUT2D eigenvalue weighted by Crippen LogP contribution is 2.39. The zero-order chi connectivity index (χ0) is 16.4. The third-order valence-electron chi connectivity index (χ3n) is 3.75. The number of carbonyl (C=O) groups is 1. The molecule has 2 aromatic carbocycles. The van der Waals surface area contributed by atoms with Crippen LogP contribution in [0.15, 0.2) is 70.6 Å². The fourth-order valence-corrected chi connectivity index (χ4v) is 4.37. The first-order chi connectivity index (χ1) is 11.8. The van der Waals surface area contributed by atoms with Gasteiger partial charge < -0.3 is 4.98 Å². The predicted octanol–water partition coefficient (Wildman–Crippen LogP) is 4.74. The summed E-state index contributed by atoms with van der Waals surface area (Å²) in [6.45, 7) is 0. The molecule has 0 radical (unpaired) electrons. The van der Waals surface area contributed by atoms with Gasteiger partial charge in [0.15, 0.2) is 10.1 Å². The number of fused-ring (bicyclic) bond motifs is 1. The van der Waals surface area contributed by atoms with Crippen LogP contribution in [0.1, 0.15) is 21.2 Å². The minimum Gasteiger partial charge on any atom is -0.360 e. The number of H-pyrrole nitrogens is 1. The molecule has 2 heterocycles. The smallest absolute Gasteiger partial charge is 0.182 e. The minimum absolute atomic E-state index is 0.0684. The van der Waals surface area contributed by atoms with Crippen molar-refractivity contribution in [1.82, 2.24) is 15.2 Å². The number of nitrogens with zero attached hydrogens (tertiary/aromatic N) is 2. The zero-order valence-corrected chi connectivity index (χ0v) is 14.2. The summed E-state index contributed by atoms with van der Waals surface area (Å²) < 4.78 is 0.789. The van der Waals surface area contributed by atoms with Crippen molar-refractivity contribution in [3.63, 3.8) is 0 Å². The lowest BCUT2D eigenvalue weighted by atomic mass is 10.0. The summed E-state index contributed by atoms with van der Waals surface area (Å²) >= 11 is 2.89. The molecule has 0 bridgehead atoms. The van der Waals surface area contributed by atoms with E-state index in [1.165, 1.54) is 23.1 Å². The number of Topliss-reactive ketones (excluding diaryl/α,β-unsaturated/α-hetero) is 1. The average molecular weight is 351 g/mol. The normalized spacial score (nSPS) is 12.3. The number of aromatic nitrogens is 3. The molecule has 6 heteroatoms. The number of carbonyl (C=O) groups excluding carboxylic acids is 1. The number of hydrogen-bond donors (Lipinski definition) is 1. The van der Waals surface area contributed by atoms with E-state index < -0.39 is 0 Å². The number of benzene rings is 2. The Labute approximate surface area is 146 Å². The van der Waals surface area contributed by atoms with Gasteiger partial charge in [0, 0.05) is 22.7 Å². The van der Waals surface area contributed by atoms with Crippen molar-refractivity contribution in [2.45, 2.75) is 9.59 Å². The highest BCUT2D eigenvalue weighted by molar-refractivity contribution is 8.01. The summed E-state index contributed by atoms with van der Waals surface area (Å²) in [7, 11) is 0. The van der Waals surface area contributed by atoms with Gasteiger partial charge in [0.05, 0.1) is 0 Å². The third kappa shape index (κ3) is 2.86. The zero-order valence-electron chi connectivity index (χ0n) is 12.5. The Morgan fingerprint density at radius 3 is 2.67 bits per heavy atom. The van der Waals surface area contributed by atoms with Gasteiger partial charge in [-0.05, 0) is 11.6 Å². The molecule has 0 fully saturated rings. The molecule has 0 aliphatic rings. The summed E-state index contributed by atoms with van der Waals surface area (Å²) in [5.74, 6) is 0.0684. The average Bonchev–Trinajstić information content (AvgIpc) is 3.29. The van der Waals surface area contributed by atoms with Crippen LogP contribution >= 0.6 is 23.1 Å². The van der Waals surface area contributed by atoms with Crippen LogP contribution < -0.4 is 0 Å². The van der Waals surface area contributed by atoms with E-state index in [4.69, 9.17) is 0 Å². The number of ketones is 1. The van der Waals surface area contributed by atoms with Crippen LogP contribution in [0.2, 0.25) is 0 Å². The molecule has 0 unspecified atom stereocenters. The molecule has 24 heavy (non-hydrogen) atoms. The number of rotatable bonds is 5. The molecule has 1 atom stereocenters. The molecular formula is C18H13N3OS2. The van der Waals surface area contributed by atoms with Gasteiger partial charge >= 0.3 is 0 Å². The number of hydrogen-bond acceptors (Lipinski definition) is 5. The van der Waals surface area contributed by atoms with E-state index in [-0.39, 0.29) is 11.0 Å². The molecule has 0 amide bonds. The van der Waals surface area contributed by atoms with E-state index in [0.717, 1.165) is 20.8 Å². The summed E-state index contributed by atoms with van der Waals surface area (Å²) in [5, 5.41) is 8.55. The lowest BCUT2D eigenvalue weighted by molar-refractivity contribution is 0.0991. The minimum atomic E-state index is -0.349. The van der Waals surface area contributed by atoms with Crippen LogP contribution in [0.3, 0.4) is 0 Å². The topological polar surface area (TPSA) is 58.6 Å². The number of para-hydroxylation sites is 1. The van der Waals surface area contributed by atoms with Crippen molar-refractivity contribution >= 4 is 39.8 Å². The van der Waals surface area contributed by atoms with Crippen molar-refractivity contribution in [2.75, 3.05) is 0 Å². The van der Waals surface area contributed by atoms with Gasteiger partial charge in [-0.25, -0.2) is 0 Å². The summed E-state index contributed by atoms with van der Waals surface area (Å²) in [4.78, 5) is 16.4. The SMILES string of the molecule is O=C(c1c[nH]c2ccccc12)[C@H](Sc1nncs1)c1ccccc1. The van der Waals surface area contributed by atoms with Gasteiger partial charge in [-0.1, -0.05) is 71.6 Å². The molecule has 0 saturated heterocycles. The van der Waals surface area contributed by atoms with Crippen molar-refractivity contribution in [2.24, 2.45) is 0 Å². The van der Waals surface area contributed by atoms with Crippen molar-refractivity contribution in [3.05, 3.63) is 77.4 Å². The second-order valence-electron chi connectivity index (χ2n) is 5.23. The third-order valence-corrected chi connectivity index (χ3v) is 5.82. The molecule has 1 N–H and O–H groups in total. The fraction of sp³-hybridized carbons (Fsp3) is 0.0556. The maximum atomic E-state index is 13.3.